The molecular formula is C29H35N3O3S. The van der Waals surface area contributed by atoms with Gasteiger partial charge >= 0.3 is 0 Å². The van der Waals surface area contributed by atoms with Crippen LogP contribution in [0, 0.1) is 5.92 Å². The van der Waals surface area contributed by atoms with Gasteiger partial charge in [0, 0.05) is 37.5 Å². The highest BCUT2D eigenvalue weighted by atomic mass is 32.1. The molecule has 3 heterocycles. The Balaban J connectivity index is 1.20. The van der Waals surface area contributed by atoms with Crippen LogP contribution in [0.25, 0.3) is 10.2 Å². The molecular weight excluding hydrogens is 470 g/mol. The third kappa shape index (κ3) is 5.51. The lowest BCUT2D eigenvalue weighted by Crippen LogP contribution is -2.43. The van der Waals surface area contributed by atoms with Crippen molar-refractivity contribution < 1.29 is 14.3 Å². The Kier molecular flexibility index (Phi) is 7.75. The Morgan fingerprint density at radius 1 is 1.14 bits per heavy atom. The van der Waals surface area contributed by atoms with Crippen molar-refractivity contribution in [3.05, 3.63) is 64.7 Å². The molecule has 0 atom stereocenters. The topological polar surface area (TPSA) is 63.6 Å². The summed E-state index contributed by atoms with van der Waals surface area (Å²) < 4.78 is 7.51. The predicted octanol–water partition coefficient (Wildman–Crippen LogP) is 5.62. The van der Waals surface area contributed by atoms with Gasteiger partial charge < -0.3 is 19.5 Å². The Hall–Kier alpha value is -3.06. The lowest BCUT2D eigenvalue weighted by Gasteiger charge is -2.31. The number of ether oxygens (including phenoxy) is 1. The standard InChI is InChI=1S/C29H35N3O3S/c1-35-25-9-5-8-22(18-25)20-32-26(19-24-13-17-36-29(24)32)28(34)31-15-11-23(12-16-31)27(33)30-14-10-21-6-3-2-4-7-21/h5-6,8-9,13,17-19,23H,2-4,7,10-12,14-16,20H2,1H3,(H,30,33). The van der Waals surface area contributed by atoms with Crippen LogP contribution in [0.15, 0.2) is 53.4 Å². The number of nitrogens with zero attached hydrogens (tertiary/aromatic N) is 2. The molecule has 2 aromatic heterocycles. The van der Waals surface area contributed by atoms with Crippen LogP contribution in [-0.4, -0.2) is 48.0 Å². The van der Waals surface area contributed by atoms with Gasteiger partial charge in [0.25, 0.3) is 5.91 Å². The predicted molar refractivity (Wildman–Crippen MR) is 145 cm³/mol. The monoisotopic (exact) mass is 505 g/mol. The summed E-state index contributed by atoms with van der Waals surface area (Å²) in [6, 6.07) is 12.1. The summed E-state index contributed by atoms with van der Waals surface area (Å²) in [6.07, 6.45) is 9.64. The van der Waals surface area contributed by atoms with Crippen LogP contribution in [0.2, 0.25) is 0 Å². The zero-order chi connectivity index (χ0) is 24.9. The number of nitrogens with one attached hydrogen (secondary N) is 1. The molecule has 1 saturated heterocycles. The Morgan fingerprint density at radius 2 is 2.00 bits per heavy atom. The maximum absolute atomic E-state index is 13.6. The first-order valence-corrected chi connectivity index (χ1v) is 13.9. The van der Waals surface area contributed by atoms with Crippen LogP contribution < -0.4 is 10.1 Å². The maximum Gasteiger partial charge on any atom is 0.270 e. The molecule has 0 unspecified atom stereocenters. The fraction of sp³-hybridized carbons (Fsp3) is 0.448. The highest BCUT2D eigenvalue weighted by molar-refractivity contribution is 7.16. The summed E-state index contributed by atoms with van der Waals surface area (Å²) in [7, 11) is 1.67. The zero-order valence-electron chi connectivity index (χ0n) is 21.0. The average molecular weight is 506 g/mol. The maximum atomic E-state index is 13.6. The number of allylic oxidation sites excluding steroid dienone is 1. The molecule has 1 aliphatic carbocycles. The zero-order valence-corrected chi connectivity index (χ0v) is 21.8. The van der Waals surface area contributed by atoms with Gasteiger partial charge in [0.2, 0.25) is 5.91 Å². The van der Waals surface area contributed by atoms with Gasteiger partial charge in [0.05, 0.1) is 7.11 Å². The Morgan fingerprint density at radius 3 is 2.78 bits per heavy atom. The van der Waals surface area contributed by atoms with E-state index in [9.17, 15) is 9.59 Å². The molecule has 1 fully saturated rings. The van der Waals surface area contributed by atoms with Gasteiger partial charge in [-0.1, -0.05) is 23.8 Å². The molecule has 1 N–H and O–H groups in total. The number of carbonyl (C=O) groups excluding carboxylic acids is 2. The first-order chi connectivity index (χ1) is 17.6. The second-order valence-corrected chi connectivity index (χ2v) is 10.8. The highest BCUT2D eigenvalue weighted by Crippen LogP contribution is 2.29. The molecule has 6 nitrogen and oxygen atoms in total. The summed E-state index contributed by atoms with van der Waals surface area (Å²) in [5, 5.41) is 6.30. The normalized spacial score (nSPS) is 16.7. The molecule has 0 saturated carbocycles. The van der Waals surface area contributed by atoms with Crippen LogP contribution >= 0.6 is 11.3 Å². The fourth-order valence-corrected chi connectivity index (χ4v) is 6.29. The van der Waals surface area contributed by atoms with Crippen molar-refractivity contribution in [2.24, 2.45) is 5.92 Å². The summed E-state index contributed by atoms with van der Waals surface area (Å²) in [5.41, 5.74) is 3.29. The van der Waals surface area contributed by atoms with E-state index >= 15 is 0 Å². The van der Waals surface area contributed by atoms with Crippen molar-refractivity contribution in [1.82, 2.24) is 14.8 Å². The molecule has 1 aromatic carbocycles. The first-order valence-electron chi connectivity index (χ1n) is 13.1. The van der Waals surface area contributed by atoms with Gasteiger partial charge in [-0.3, -0.25) is 9.59 Å². The Labute approximate surface area is 216 Å². The molecule has 0 spiro atoms. The largest absolute Gasteiger partial charge is 0.497 e. The number of carbonyl (C=O) groups is 2. The summed E-state index contributed by atoms with van der Waals surface area (Å²) in [4.78, 5) is 29.3. The number of fused-ring (bicyclic) bond motifs is 1. The van der Waals surface area contributed by atoms with E-state index in [0.29, 0.717) is 38.2 Å². The molecule has 3 aromatic rings. The Bertz CT molecular complexity index is 1250. The van der Waals surface area contributed by atoms with E-state index in [1.807, 2.05) is 29.2 Å². The molecule has 2 aliphatic rings. The van der Waals surface area contributed by atoms with E-state index < -0.39 is 0 Å². The number of piperidine rings is 1. The molecule has 0 radical (unpaired) electrons. The summed E-state index contributed by atoms with van der Waals surface area (Å²) in [6.45, 7) is 2.55. The number of aromatic nitrogens is 1. The molecule has 1 aliphatic heterocycles. The number of hydrogen-bond acceptors (Lipinski definition) is 4. The number of amides is 2. The van der Waals surface area contributed by atoms with Gasteiger partial charge in [-0.2, -0.15) is 0 Å². The third-order valence-corrected chi connectivity index (χ3v) is 8.43. The number of rotatable bonds is 8. The molecule has 2 amide bonds. The molecule has 190 valence electrons. The van der Waals surface area contributed by atoms with Crippen LogP contribution in [0.1, 0.15) is 61.0 Å². The molecule has 5 rings (SSSR count). The minimum Gasteiger partial charge on any atom is -0.497 e. The molecule has 0 bridgehead atoms. The molecule has 7 heteroatoms. The van der Waals surface area contributed by atoms with Crippen molar-refractivity contribution in [3.8, 4) is 5.75 Å². The lowest BCUT2D eigenvalue weighted by molar-refractivity contribution is -0.126. The number of methoxy groups -OCH3 is 1. The summed E-state index contributed by atoms with van der Waals surface area (Å²) in [5.74, 6) is 0.983. The number of hydrogen-bond donors (Lipinski definition) is 1. The van der Waals surface area contributed by atoms with Crippen molar-refractivity contribution >= 4 is 33.4 Å². The van der Waals surface area contributed by atoms with Gasteiger partial charge in [0.15, 0.2) is 0 Å². The van der Waals surface area contributed by atoms with Crippen LogP contribution in [-0.2, 0) is 11.3 Å². The van der Waals surface area contributed by atoms with Gasteiger partial charge in [-0.05, 0) is 80.2 Å². The van der Waals surface area contributed by atoms with E-state index in [1.165, 1.54) is 31.3 Å². The first kappa shape index (κ1) is 24.6. The van der Waals surface area contributed by atoms with E-state index in [4.69, 9.17) is 4.74 Å². The van der Waals surface area contributed by atoms with Gasteiger partial charge in [0.1, 0.15) is 16.3 Å². The van der Waals surface area contributed by atoms with Crippen molar-refractivity contribution in [3.63, 3.8) is 0 Å². The average Bonchev–Trinajstić information content (AvgIpc) is 3.52. The third-order valence-electron chi connectivity index (χ3n) is 7.48. The fourth-order valence-electron chi connectivity index (χ4n) is 5.39. The van der Waals surface area contributed by atoms with Crippen molar-refractivity contribution in [2.75, 3.05) is 26.7 Å². The van der Waals surface area contributed by atoms with Crippen molar-refractivity contribution in [1.29, 1.82) is 0 Å². The molecule has 36 heavy (non-hydrogen) atoms. The lowest BCUT2D eigenvalue weighted by atomic mass is 9.95. The van der Waals surface area contributed by atoms with E-state index in [0.717, 1.165) is 34.5 Å². The smallest absolute Gasteiger partial charge is 0.270 e. The minimum atomic E-state index is -0.0125. The second kappa shape index (κ2) is 11.3. The van der Waals surface area contributed by atoms with Crippen molar-refractivity contribution in [2.45, 2.75) is 51.5 Å². The van der Waals surface area contributed by atoms with E-state index in [1.54, 1.807) is 18.4 Å². The van der Waals surface area contributed by atoms with Crippen LogP contribution in [0.4, 0.5) is 0 Å². The van der Waals surface area contributed by atoms with Crippen LogP contribution in [0.3, 0.4) is 0 Å². The number of likely N-dealkylation sites (tertiary alicyclic amines) is 1. The quantitative estimate of drug-likeness (QED) is 0.404. The van der Waals surface area contributed by atoms with Gasteiger partial charge in [-0.15, -0.1) is 11.3 Å². The second-order valence-electron chi connectivity index (χ2n) is 9.86. The number of thiophene rings is 1. The number of benzene rings is 1. The highest BCUT2D eigenvalue weighted by Gasteiger charge is 2.29. The van der Waals surface area contributed by atoms with Gasteiger partial charge in [-0.25, -0.2) is 0 Å². The van der Waals surface area contributed by atoms with E-state index in [2.05, 4.69) is 33.5 Å². The summed E-state index contributed by atoms with van der Waals surface area (Å²) >= 11 is 1.65. The SMILES string of the molecule is COc1cccc(Cn2c(C(=O)N3CCC(C(=O)NCCC4=CCCCC4)CC3)cc3ccsc32)c1. The van der Waals surface area contributed by atoms with Crippen LogP contribution in [0.5, 0.6) is 5.75 Å². The van der Waals surface area contributed by atoms with E-state index in [-0.39, 0.29) is 17.7 Å². The minimum absolute atomic E-state index is 0.0125.